The molecule has 1 amide bonds. The maximum Gasteiger partial charge on any atom is 0.225 e. The molecule has 13 heavy (non-hydrogen) atoms. The molecule has 1 rings (SSSR count). The number of hydrogen-bond donors (Lipinski definition) is 0. The monoisotopic (exact) mass is 183 g/mol. The summed E-state index contributed by atoms with van der Waals surface area (Å²) in [5.41, 5.74) is 0. The Labute approximate surface area is 79.1 Å². The topological polar surface area (TPSA) is 37.4 Å². The zero-order chi connectivity index (χ0) is 9.84. The van der Waals surface area contributed by atoms with Crippen molar-refractivity contribution in [2.75, 3.05) is 13.6 Å². The van der Waals surface area contributed by atoms with Gasteiger partial charge in [-0.3, -0.25) is 9.59 Å². The molecule has 1 fully saturated rings. The molecule has 0 heterocycles. The van der Waals surface area contributed by atoms with Gasteiger partial charge in [-0.1, -0.05) is 0 Å². The van der Waals surface area contributed by atoms with Crippen LogP contribution in [0.1, 0.15) is 32.6 Å². The van der Waals surface area contributed by atoms with Gasteiger partial charge < -0.3 is 4.90 Å². The number of hydrogen-bond acceptors (Lipinski definition) is 2. The molecule has 0 radical (unpaired) electrons. The van der Waals surface area contributed by atoms with Gasteiger partial charge in [0.1, 0.15) is 5.78 Å². The summed E-state index contributed by atoms with van der Waals surface area (Å²) < 4.78 is 0. The highest BCUT2D eigenvalue weighted by atomic mass is 16.2. The molecule has 1 saturated carbocycles. The SMILES string of the molecule is CCN(C)C(=O)C1CCC(=O)CC1. The predicted octanol–water partition coefficient (Wildman–Crippen LogP) is 1.22. The van der Waals surface area contributed by atoms with Gasteiger partial charge in [-0.2, -0.15) is 0 Å². The zero-order valence-electron chi connectivity index (χ0n) is 8.38. The standard InChI is InChI=1S/C10H17NO2/c1-3-11(2)10(13)8-4-6-9(12)7-5-8/h8H,3-7H2,1-2H3. The molecule has 1 aliphatic carbocycles. The molecule has 1 aliphatic rings. The first kappa shape index (κ1) is 10.2. The van der Waals surface area contributed by atoms with Crippen molar-refractivity contribution in [3.8, 4) is 0 Å². The van der Waals surface area contributed by atoms with Crippen molar-refractivity contribution in [3.05, 3.63) is 0 Å². The second-order valence-corrected chi connectivity index (χ2v) is 3.67. The van der Waals surface area contributed by atoms with Crippen molar-refractivity contribution in [3.63, 3.8) is 0 Å². The maximum atomic E-state index is 11.7. The predicted molar refractivity (Wildman–Crippen MR) is 50.3 cm³/mol. The highest BCUT2D eigenvalue weighted by Gasteiger charge is 2.26. The Hall–Kier alpha value is -0.860. The summed E-state index contributed by atoms with van der Waals surface area (Å²) in [4.78, 5) is 24.3. The summed E-state index contributed by atoms with van der Waals surface area (Å²) in [6.07, 6.45) is 2.69. The van der Waals surface area contributed by atoms with Crippen molar-refractivity contribution < 1.29 is 9.59 Å². The summed E-state index contributed by atoms with van der Waals surface area (Å²) in [5, 5.41) is 0. The minimum atomic E-state index is 0.0997. The first-order valence-electron chi connectivity index (χ1n) is 4.91. The van der Waals surface area contributed by atoms with Crippen molar-refractivity contribution >= 4 is 11.7 Å². The molecule has 0 aromatic rings. The van der Waals surface area contributed by atoms with Gasteiger partial charge in [-0.05, 0) is 19.8 Å². The van der Waals surface area contributed by atoms with E-state index in [1.165, 1.54) is 0 Å². The number of carbonyl (C=O) groups excluding carboxylic acids is 2. The molecular weight excluding hydrogens is 166 g/mol. The summed E-state index contributed by atoms with van der Waals surface area (Å²) in [6.45, 7) is 2.72. The molecule has 3 nitrogen and oxygen atoms in total. The molecule has 0 bridgehead atoms. The van der Waals surface area contributed by atoms with E-state index in [1.54, 1.807) is 4.90 Å². The van der Waals surface area contributed by atoms with Crippen molar-refractivity contribution in [2.24, 2.45) is 5.92 Å². The molecule has 0 N–H and O–H groups in total. The fraction of sp³-hybridized carbons (Fsp3) is 0.800. The molecule has 3 heteroatoms. The van der Waals surface area contributed by atoms with E-state index in [0.717, 1.165) is 19.4 Å². The fourth-order valence-electron chi connectivity index (χ4n) is 1.65. The van der Waals surface area contributed by atoms with Gasteiger partial charge in [-0.25, -0.2) is 0 Å². The van der Waals surface area contributed by atoms with Crippen LogP contribution < -0.4 is 0 Å². The molecule has 0 aromatic carbocycles. The Balaban J connectivity index is 2.44. The zero-order valence-corrected chi connectivity index (χ0v) is 8.38. The number of rotatable bonds is 2. The molecule has 0 spiro atoms. The quantitative estimate of drug-likeness (QED) is 0.645. The van der Waals surface area contributed by atoms with Crippen LogP contribution in [0.4, 0.5) is 0 Å². The van der Waals surface area contributed by atoms with Gasteiger partial charge in [-0.15, -0.1) is 0 Å². The van der Waals surface area contributed by atoms with Crippen LogP contribution in [-0.2, 0) is 9.59 Å². The number of nitrogens with zero attached hydrogens (tertiary/aromatic N) is 1. The third-order valence-corrected chi connectivity index (χ3v) is 2.74. The van der Waals surface area contributed by atoms with E-state index >= 15 is 0 Å². The highest BCUT2D eigenvalue weighted by Crippen LogP contribution is 2.22. The number of carbonyl (C=O) groups is 2. The van der Waals surface area contributed by atoms with Crippen molar-refractivity contribution in [2.45, 2.75) is 32.6 Å². The van der Waals surface area contributed by atoms with Crippen LogP contribution in [0.15, 0.2) is 0 Å². The minimum Gasteiger partial charge on any atom is -0.346 e. The van der Waals surface area contributed by atoms with Crippen LogP contribution in [0.25, 0.3) is 0 Å². The van der Waals surface area contributed by atoms with Crippen LogP contribution in [0.5, 0.6) is 0 Å². The lowest BCUT2D eigenvalue weighted by Crippen LogP contribution is -2.34. The molecule has 0 aliphatic heterocycles. The molecule has 74 valence electrons. The molecule has 0 atom stereocenters. The normalized spacial score (nSPS) is 18.8. The lowest BCUT2D eigenvalue weighted by Gasteiger charge is -2.24. The second-order valence-electron chi connectivity index (χ2n) is 3.67. The Morgan fingerprint density at radius 1 is 1.46 bits per heavy atom. The molecule has 0 saturated heterocycles. The van der Waals surface area contributed by atoms with E-state index in [-0.39, 0.29) is 11.8 Å². The second kappa shape index (κ2) is 4.40. The first-order chi connectivity index (χ1) is 6.15. The largest absolute Gasteiger partial charge is 0.346 e. The van der Waals surface area contributed by atoms with Gasteiger partial charge in [0.2, 0.25) is 5.91 Å². The van der Waals surface area contributed by atoms with Gasteiger partial charge in [0, 0.05) is 32.4 Å². The van der Waals surface area contributed by atoms with Crippen LogP contribution in [0.2, 0.25) is 0 Å². The lowest BCUT2D eigenvalue weighted by atomic mass is 9.87. The Morgan fingerprint density at radius 2 is 2.00 bits per heavy atom. The molecule has 0 unspecified atom stereocenters. The molecular formula is C10H17NO2. The summed E-state index contributed by atoms with van der Waals surface area (Å²) in [5.74, 6) is 0.612. The van der Waals surface area contributed by atoms with E-state index in [4.69, 9.17) is 0 Å². The maximum absolute atomic E-state index is 11.7. The summed E-state index contributed by atoms with van der Waals surface area (Å²) in [6, 6.07) is 0. The van der Waals surface area contributed by atoms with Crippen molar-refractivity contribution in [1.82, 2.24) is 4.90 Å². The first-order valence-corrected chi connectivity index (χ1v) is 4.91. The van der Waals surface area contributed by atoms with Crippen LogP contribution in [0.3, 0.4) is 0 Å². The van der Waals surface area contributed by atoms with Gasteiger partial charge in [0.25, 0.3) is 0 Å². The smallest absolute Gasteiger partial charge is 0.225 e. The van der Waals surface area contributed by atoms with Gasteiger partial charge >= 0.3 is 0 Å². The van der Waals surface area contributed by atoms with E-state index in [2.05, 4.69) is 0 Å². The van der Waals surface area contributed by atoms with E-state index in [9.17, 15) is 9.59 Å². The van der Waals surface area contributed by atoms with Gasteiger partial charge in [0.05, 0.1) is 0 Å². The van der Waals surface area contributed by atoms with Crippen LogP contribution in [-0.4, -0.2) is 30.2 Å². The third-order valence-electron chi connectivity index (χ3n) is 2.74. The van der Waals surface area contributed by atoms with Gasteiger partial charge in [0.15, 0.2) is 0 Å². The third kappa shape index (κ3) is 2.54. The molecule has 0 aromatic heterocycles. The number of amides is 1. The van der Waals surface area contributed by atoms with E-state index in [0.29, 0.717) is 18.6 Å². The lowest BCUT2D eigenvalue weighted by molar-refractivity contribution is -0.136. The Bertz CT molecular complexity index is 203. The number of Topliss-reactive ketones (excluding diaryl/α,β-unsaturated/α-hetero) is 1. The van der Waals surface area contributed by atoms with E-state index in [1.807, 2.05) is 14.0 Å². The summed E-state index contributed by atoms with van der Waals surface area (Å²) in [7, 11) is 1.82. The Morgan fingerprint density at radius 3 is 2.46 bits per heavy atom. The summed E-state index contributed by atoms with van der Waals surface area (Å²) >= 11 is 0. The average molecular weight is 183 g/mol. The van der Waals surface area contributed by atoms with Crippen molar-refractivity contribution in [1.29, 1.82) is 0 Å². The minimum absolute atomic E-state index is 0.0997. The van der Waals surface area contributed by atoms with Crippen LogP contribution in [0, 0.1) is 5.92 Å². The fourth-order valence-corrected chi connectivity index (χ4v) is 1.65. The Kier molecular flexibility index (Phi) is 3.46. The average Bonchev–Trinajstić information content (AvgIpc) is 2.17. The van der Waals surface area contributed by atoms with Crippen LogP contribution >= 0.6 is 0 Å². The van der Waals surface area contributed by atoms with E-state index < -0.39 is 0 Å². The number of ketones is 1. The highest BCUT2D eigenvalue weighted by molar-refractivity contribution is 5.84.